The summed E-state index contributed by atoms with van der Waals surface area (Å²) < 4.78 is 1.97. The number of para-hydroxylation sites is 2. The highest BCUT2D eigenvalue weighted by Gasteiger charge is 2.35. The van der Waals surface area contributed by atoms with Gasteiger partial charge in [-0.05, 0) is 96.0 Å². The van der Waals surface area contributed by atoms with E-state index in [4.69, 9.17) is 15.1 Å². The second kappa shape index (κ2) is 10.7. The lowest BCUT2D eigenvalue weighted by Crippen LogP contribution is -2.15. The molecule has 10 aromatic rings. The molecular weight excluding hydrogens is 633 g/mol. The first-order valence-corrected chi connectivity index (χ1v) is 17.9. The largest absolute Gasteiger partial charge is 0.242 e. The summed E-state index contributed by atoms with van der Waals surface area (Å²) in [6.07, 6.45) is 0. The summed E-state index contributed by atoms with van der Waals surface area (Å²) in [4.78, 5) is 10.4. The van der Waals surface area contributed by atoms with E-state index in [1.165, 1.54) is 54.6 Å². The zero-order valence-corrected chi connectivity index (χ0v) is 28.8. The van der Waals surface area contributed by atoms with Crippen LogP contribution in [0.15, 0.2) is 158 Å². The van der Waals surface area contributed by atoms with Crippen LogP contribution in [0.1, 0.15) is 25.0 Å². The van der Waals surface area contributed by atoms with Crippen molar-refractivity contribution < 1.29 is 0 Å². The lowest BCUT2D eigenvalue weighted by atomic mass is 9.82. The van der Waals surface area contributed by atoms with E-state index in [0.29, 0.717) is 5.82 Å². The van der Waals surface area contributed by atoms with Gasteiger partial charge in [0.05, 0.1) is 11.0 Å². The Kier molecular flexibility index (Phi) is 5.98. The second-order valence-corrected chi connectivity index (χ2v) is 14.5. The molecule has 2 heterocycles. The minimum Gasteiger partial charge on any atom is -0.242 e. The van der Waals surface area contributed by atoms with Gasteiger partial charge < -0.3 is 0 Å². The minimum atomic E-state index is -0.115. The Morgan fingerprint density at radius 1 is 0.442 bits per heavy atom. The van der Waals surface area contributed by atoms with E-state index in [1.54, 1.807) is 0 Å². The number of benzene rings is 8. The smallest absolute Gasteiger partial charge is 0.182 e. The molecule has 0 amide bonds. The topological polar surface area (TPSA) is 43.1 Å². The van der Waals surface area contributed by atoms with Crippen LogP contribution in [0.5, 0.6) is 0 Å². The van der Waals surface area contributed by atoms with E-state index >= 15 is 0 Å². The van der Waals surface area contributed by atoms with Gasteiger partial charge in [-0.2, -0.15) is 0 Å². The first-order chi connectivity index (χ1) is 25.5. The van der Waals surface area contributed by atoms with E-state index in [2.05, 4.69) is 159 Å². The lowest BCUT2D eigenvalue weighted by molar-refractivity contribution is 0.660. The molecular formula is C48H32N4. The fraction of sp³-hybridized carbons (Fsp3) is 0.0625. The van der Waals surface area contributed by atoms with Crippen molar-refractivity contribution in [2.24, 2.45) is 0 Å². The summed E-state index contributed by atoms with van der Waals surface area (Å²) in [6.45, 7) is 4.63. The predicted molar refractivity (Wildman–Crippen MR) is 215 cm³/mol. The van der Waals surface area contributed by atoms with Gasteiger partial charge in [-0.15, -0.1) is 5.10 Å². The summed E-state index contributed by atoms with van der Waals surface area (Å²) in [5.41, 5.74) is 12.8. The molecule has 1 aliphatic rings. The van der Waals surface area contributed by atoms with E-state index < -0.39 is 0 Å². The maximum atomic E-state index is 5.23. The first kappa shape index (κ1) is 29.1. The van der Waals surface area contributed by atoms with Gasteiger partial charge in [0, 0.05) is 16.5 Å². The van der Waals surface area contributed by atoms with Crippen LogP contribution in [0, 0.1) is 0 Å². The molecule has 52 heavy (non-hydrogen) atoms. The molecule has 0 spiro atoms. The van der Waals surface area contributed by atoms with Crippen molar-refractivity contribution >= 4 is 49.0 Å². The van der Waals surface area contributed by atoms with E-state index in [9.17, 15) is 0 Å². The summed E-state index contributed by atoms with van der Waals surface area (Å²) >= 11 is 0. The molecule has 0 saturated carbocycles. The summed E-state index contributed by atoms with van der Waals surface area (Å²) in [6, 6.07) is 56.6. The molecule has 0 N–H and O–H groups in total. The van der Waals surface area contributed by atoms with Gasteiger partial charge in [0.2, 0.25) is 0 Å². The molecule has 0 aliphatic heterocycles. The van der Waals surface area contributed by atoms with Crippen molar-refractivity contribution in [1.29, 1.82) is 0 Å². The number of nitrogens with zero attached hydrogens (tertiary/aromatic N) is 4. The van der Waals surface area contributed by atoms with Crippen LogP contribution < -0.4 is 0 Å². The number of hydrogen-bond donors (Lipinski definition) is 0. The predicted octanol–water partition coefficient (Wildman–Crippen LogP) is 12.0. The van der Waals surface area contributed by atoms with E-state index in [0.717, 1.165) is 44.6 Å². The molecule has 0 unspecified atom stereocenters. The van der Waals surface area contributed by atoms with Gasteiger partial charge in [0.15, 0.2) is 11.5 Å². The maximum Gasteiger partial charge on any atom is 0.182 e. The average molecular weight is 665 g/mol. The maximum absolute atomic E-state index is 5.23. The highest BCUT2D eigenvalue weighted by atomic mass is 15.3. The van der Waals surface area contributed by atoms with Crippen molar-refractivity contribution in [3.05, 3.63) is 169 Å². The number of aromatic nitrogens is 4. The molecule has 2 aromatic heterocycles. The molecule has 0 radical (unpaired) electrons. The van der Waals surface area contributed by atoms with Gasteiger partial charge in [-0.1, -0.05) is 141 Å². The summed E-state index contributed by atoms with van der Waals surface area (Å²) in [5, 5.41) is 12.8. The number of hydrogen-bond acceptors (Lipinski definition) is 3. The van der Waals surface area contributed by atoms with E-state index in [-0.39, 0.29) is 5.41 Å². The van der Waals surface area contributed by atoms with Crippen LogP contribution in [0.3, 0.4) is 0 Å². The first-order valence-electron chi connectivity index (χ1n) is 17.9. The number of fused-ring (bicyclic) bond motifs is 12. The summed E-state index contributed by atoms with van der Waals surface area (Å²) in [5.74, 6) is 0.674. The van der Waals surface area contributed by atoms with Crippen molar-refractivity contribution in [1.82, 2.24) is 19.6 Å². The third kappa shape index (κ3) is 4.12. The zero-order valence-electron chi connectivity index (χ0n) is 28.8. The fourth-order valence-electron chi connectivity index (χ4n) is 8.63. The van der Waals surface area contributed by atoms with Crippen molar-refractivity contribution in [2.75, 3.05) is 0 Å². The van der Waals surface area contributed by atoms with Crippen molar-refractivity contribution in [2.45, 2.75) is 19.3 Å². The van der Waals surface area contributed by atoms with Crippen LogP contribution in [-0.4, -0.2) is 19.6 Å². The average Bonchev–Trinajstić information content (AvgIpc) is 3.75. The third-order valence-corrected chi connectivity index (χ3v) is 11.2. The van der Waals surface area contributed by atoms with Gasteiger partial charge in [0.1, 0.15) is 5.69 Å². The van der Waals surface area contributed by atoms with Gasteiger partial charge in [-0.25, -0.2) is 14.5 Å². The van der Waals surface area contributed by atoms with Crippen LogP contribution in [-0.2, 0) is 5.41 Å². The Balaban J connectivity index is 1.07. The summed E-state index contributed by atoms with van der Waals surface area (Å²) in [7, 11) is 0. The number of rotatable bonds is 3. The molecule has 0 atom stereocenters. The van der Waals surface area contributed by atoms with Crippen LogP contribution in [0.25, 0.3) is 93.9 Å². The lowest BCUT2D eigenvalue weighted by Gasteiger charge is -2.21. The monoisotopic (exact) mass is 664 g/mol. The standard InChI is InChI=1S/C48H32N4/c1-48(2)41-19-8-7-18-38(41)39-25-23-31(28-42(39)48)45-47-50-46(51-52(47)44-21-10-9-20-43(44)49-45)32-13-11-12-29(26-32)30-22-24-37-35-16-4-3-14-33(35)34-15-5-6-17-36(34)40(37)27-30/h3-28H,1-2H3. The van der Waals surface area contributed by atoms with Gasteiger partial charge in [0.25, 0.3) is 0 Å². The molecule has 244 valence electrons. The van der Waals surface area contributed by atoms with Crippen molar-refractivity contribution in [3.63, 3.8) is 0 Å². The highest BCUT2D eigenvalue weighted by molar-refractivity contribution is 6.25. The third-order valence-electron chi connectivity index (χ3n) is 11.2. The normalized spacial score (nSPS) is 13.3. The SMILES string of the molecule is CC1(C)c2ccccc2-c2ccc(-c3nc4ccccc4n4nc(-c5cccc(-c6ccc7c8ccccc8c8ccccc8c7c6)c5)nc34)cc21. The molecule has 8 aromatic carbocycles. The fourth-order valence-corrected chi connectivity index (χ4v) is 8.63. The Labute approximate surface area is 300 Å². The molecule has 0 bridgehead atoms. The molecule has 11 rings (SSSR count). The second-order valence-electron chi connectivity index (χ2n) is 14.5. The van der Waals surface area contributed by atoms with E-state index in [1.807, 2.05) is 16.6 Å². The quantitative estimate of drug-likeness (QED) is 0.177. The van der Waals surface area contributed by atoms with Gasteiger partial charge in [-0.3, -0.25) is 0 Å². The van der Waals surface area contributed by atoms with Crippen LogP contribution >= 0.6 is 0 Å². The molecule has 4 nitrogen and oxygen atoms in total. The molecule has 0 saturated heterocycles. The van der Waals surface area contributed by atoms with Crippen LogP contribution in [0.2, 0.25) is 0 Å². The Morgan fingerprint density at radius 2 is 1.06 bits per heavy atom. The zero-order chi connectivity index (χ0) is 34.6. The van der Waals surface area contributed by atoms with Crippen LogP contribution in [0.4, 0.5) is 0 Å². The Hall–Kier alpha value is -6.65. The Bertz CT molecular complexity index is 3080. The van der Waals surface area contributed by atoms with Gasteiger partial charge >= 0.3 is 0 Å². The molecule has 4 heteroatoms. The highest BCUT2D eigenvalue weighted by Crippen LogP contribution is 2.49. The molecule has 0 fully saturated rings. The van der Waals surface area contributed by atoms with Crippen molar-refractivity contribution in [3.8, 4) is 44.9 Å². The minimum absolute atomic E-state index is 0.115. The Morgan fingerprint density at radius 3 is 1.87 bits per heavy atom. The molecule has 1 aliphatic carbocycles.